The van der Waals surface area contributed by atoms with E-state index >= 15 is 0 Å². The molecule has 3 saturated heterocycles. The van der Waals surface area contributed by atoms with Gasteiger partial charge < -0.3 is 9.80 Å². The zero-order valence-corrected chi connectivity index (χ0v) is 17.6. The maximum atomic E-state index is 12.6. The highest BCUT2D eigenvalue weighted by Crippen LogP contribution is 2.42. The van der Waals surface area contributed by atoms with E-state index in [0.29, 0.717) is 19.0 Å². The Morgan fingerprint density at radius 2 is 2.11 bits per heavy atom. The van der Waals surface area contributed by atoms with E-state index in [9.17, 15) is 4.79 Å². The molecular weight excluding hydrogens is 348 g/mol. The highest BCUT2D eigenvalue weighted by atomic mass is 16.2. The Balaban J connectivity index is 1.29. The van der Waals surface area contributed by atoms with Gasteiger partial charge in [0.2, 0.25) is 5.91 Å². The summed E-state index contributed by atoms with van der Waals surface area (Å²) in [4.78, 5) is 24.0. The second-order valence-electron chi connectivity index (χ2n) is 9.25. The monoisotopic (exact) mass is 384 g/mol. The Bertz CT molecular complexity index is 649. The third-order valence-corrected chi connectivity index (χ3v) is 7.39. The number of hydrogen-bond acceptors (Lipinski definition) is 4. The molecule has 3 aliphatic heterocycles. The van der Waals surface area contributed by atoms with Crippen LogP contribution >= 0.6 is 0 Å². The first-order valence-corrected chi connectivity index (χ1v) is 11.2. The van der Waals surface area contributed by atoms with Crippen molar-refractivity contribution in [1.29, 1.82) is 0 Å². The van der Waals surface area contributed by atoms with Gasteiger partial charge in [0.1, 0.15) is 0 Å². The quantitative estimate of drug-likeness (QED) is 0.756. The molecule has 0 N–H and O–H groups in total. The molecule has 3 fully saturated rings. The van der Waals surface area contributed by atoms with Gasteiger partial charge in [-0.25, -0.2) is 0 Å². The lowest BCUT2D eigenvalue weighted by molar-refractivity contribution is -0.130. The van der Waals surface area contributed by atoms with Crippen LogP contribution in [0.1, 0.15) is 50.5 Å². The topological polar surface area (TPSA) is 39.7 Å². The largest absolute Gasteiger partial charge is 0.341 e. The summed E-state index contributed by atoms with van der Waals surface area (Å²) < 4.78 is 0. The van der Waals surface area contributed by atoms with Crippen molar-refractivity contribution >= 4 is 5.91 Å². The van der Waals surface area contributed by atoms with Gasteiger partial charge in [-0.05, 0) is 82.1 Å². The van der Waals surface area contributed by atoms with E-state index < -0.39 is 0 Å². The van der Waals surface area contributed by atoms with Crippen molar-refractivity contribution in [2.24, 2.45) is 11.8 Å². The van der Waals surface area contributed by atoms with Crippen LogP contribution in [0.2, 0.25) is 0 Å². The summed E-state index contributed by atoms with van der Waals surface area (Å²) in [6.45, 7) is 4.52. The van der Waals surface area contributed by atoms with Crippen LogP contribution < -0.4 is 0 Å². The average molecular weight is 385 g/mol. The van der Waals surface area contributed by atoms with E-state index in [4.69, 9.17) is 0 Å². The van der Waals surface area contributed by atoms with E-state index in [2.05, 4.69) is 21.8 Å². The number of hydrogen-bond donors (Lipinski definition) is 0. The maximum Gasteiger partial charge on any atom is 0.222 e. The summed E-state index contributed by atoms with van der Waals surface area (Å²) in [5.41, 5.74) is 1.09. The molecule has 4 rings (SSSR count). The smallest absolute Gasteiger partial charge is 0.222 e. The normalized spacial score (nSPS) is 30.6. The second-order valence-corrected chi connectivity index (χ2v) is 9.25. The molecule has 1 amide bonds. The number of amides is 1. The third kappa shape index (κ3) is 4.25. The fourth-order valence-corrected chi connectivity index (χ4v) is 6.15. The van der Waals surface area contributed by atoms with Crippen LogP contribution in [-0.2, 0) is 11.3 Å². The summed E-state index contributed by atoms with van der Waals surface area (Å²) in [5.74, 6) is 1.93. The molecule has 0 spiro atoms. The number of pyridine rings is 1. The van der Waals surface area contributed by atoms with Crippen LogP contribution in [0.3, 0.4) is 0 Å². The number of carbonyl (C=O) groups is 1. The van der Waals surface area contributed by atoms with E-state index in [1.165, 1.54) is 45.3 Å². The van der Waals surface area contributed by atoms with Crippen LogP contribution in [0, 0.1) is 11.8 Å². The first-order valence-electron chi connectivity index (χ1n) is 11.2. The molecule has 0 aromatic carbocycles. The second kappa shape index (κ2) is 8.91. The Morgan fingerprint density at radius 3 is 2.89 bits per heavy atom. The van der Waals surface area contributed by atoms with Crippen molar-refractivity contribution in [2.75, 3.05) is 33.7 Å². The van der Waals surface area contributed by atoms with Crippen molar-refractivity contribution in [3.8, 4) is 0 Å². The number of piperidine rings is 3. The Kier molecular flexibility index (Phi) is 6.32. The third-order valence-electron chi connectivity index (χ3n) is 7.39. The summed E-state index contributed by atoms with van der Waals surface area (Å²) in [5, 5.41) is 0. The molecule has 154 valence electrons. The zero-order valence-electron chi connectivity index (χ0n) is 17.6. The molecule has 28 heavy (non-hydrogen) atoms. The van der Waals surface area contributed by atoms with Crippen LogP contribution in [0.15, 0.2) is 24.5 Å². The summed E-state index contributed by atoms with van der Waals surface area (Å²) in [6.07, 6.45) is 11.9. The van der Waals surface area contributed by atoms with Gasteiger partial charge >= 0.3 is 0 Å². The molecule has 0 aliphatic carbocycles. The summed E-state index contributed by atoms with van der Waals surface area (Å²) in [7, 11) is 4.23. The standard InChI is InChI=1S/C23H36N4O/c1-25-17-19-8-5-13-27-14-6-9-20(23(19)27)21(25)10-3-11-22(28)26(2)16-18-7-4-12-24-15-18/h4,7,12,15,19-21,23H,3,5-6,8-11,13-14,16-17H2,1-2H3/t19-,20+,21+,23-/m0/s1. The van der Waals surface area contributed by atoms with E-state index in [1.807, 2.05) is 30.3 Å². The molecule has 1 aromatic rings. The molecular formula is C23H36N4O. The van der Waals surface area contributed by atoms with Gasteiger partial charge in [0.05, 0.1) is 0 Å². The van der Waals surface area contributed by atoms with Crippen molar-refractivity contribution < 1.29 is 4.79 Å². The molecule has 0 saturated carbocycles. The molecule has 0 bridgehead atoms. The van der Waals surface area contributed by atoms with Gasteiger partial charge in [0.25, 0.3) is 0 Å². The molecule has 5 nitrogen and oxygen atoms in total. The van der Waals surface area contributed by atoms with E-state index in [1.54, 1.807) is 6.20 Å². The molecule has 3 aliphatic rings. The molecule has 1 aromatic heterocycles. The number of carbonyl (C=O) groups excluding carboxylic acids is 1. The molecule has 0 radical (unpaired) electrons. The summed E-state index contributed by atoms with van der Waals surface area (Å²) in [6, 6.07) is 5.42. The average Bonchev–Trinajstić information content (AvgIpc) is 2.71. The van der Waals surface area contributed by atoms with Crippen molar-refractivity contribution in [2.45, 2.75) is 63.6 Å². The van der Waals surface area contributed by atoms with Crippen molar-refractivity contribution in [3.05, 3.63) is 30.1 Å². The molecule has 0 unspecified atom stereocenters. The lowest BCUT2D eigenvalue weighted by Crippen LogP contribution is -2.63. The zero-order chi connectivity index (χ0) is 19.5. The number of rotatable bonds is 6. The predicted octanol–water partition coefficient (Wildman–Crippen LogP) is 3.01. The molecule has 4 atom stereocenters. The Hall–Kier alpha value is -1.46. The fraction of sp³-hybridized carbons (Fsp3) is 0.739. The minimum absolute atomic E-state index is 0.253. The SMILES string of the molecule is CN(Cc1cccnc1)C(=O)CCC[C@@H]1[C@H]2CCCN3CCC[C@@H](CN1C)[C@@H]23. The number of aromatic nitrogens is 1. The Morgan fingerprint density at radius 1 is 1.29 bits per heavy atom. The lowest BCUT2D eigenvalue weighted by atomic mass is 9.69. The predicted molar refractivity (Wildman–Crippen MR) is 112 cm³/mol. The minimum atomic E-state index is 0.253. The van der Waals surface area contributed by atoms with Gasteiger partial charge in [-0.1, -0.05) is 6.07 Å². The van der Waals surface area contributed by atoms with E-state index in [-0.39, 0.29) is 5.91 Å². The van der Waals surface area contributed by atoms with Crippen molar-refractivity contribution in [1.82, 2.24) is 19.7 Å². The van der Waals surface area contributed by atoms with Crippen LogP contribution in [-0.4, -0.2) is 71.4 Å². The lowest BCUT2D eigenvalue weighted by Gasteiger charge is -2.57. The maximum absolute atomic E-state index is 12.6. The van der Waals surface area contributed by atoms with Gasteiger partial charge in [0.15, 0.2) is 0 Å². The first kappa shape index (κ1) is 19.8. The molecule has 5 heteroatoms. The highest BCUT2D eigenvalue weighted by molar-refractivity contribution is 5.75. The summed E-state index contributed by atoms with van der Waals surface area (Å²) >= 11 is 0. The fourth-order valence-electron chi connectivity index (χ4n) is 6.15. The number of likely N-dealkylation sites (tertiary alicyclic amines) is 1. The minimum Gasteiger partial charge on any atom is -0.341 e. The molecule has 4 heterocycles. The highest BCUT2D eigenvalue weighted by Gasteiger charge is 2.47. The van der Waals surface area contributed by atoms with Crippen LogP contribution in [0.5, 0.6) is 0 Å². The Labute approximate surface area is 170 Å². The first-order chi connectivity index (χ1) is 13.6. The van der Waals surface area contributed by atoms with Gasteiger partial charge in [-0.2, -0.15) is 0 Å². The van der Waals surface area contributed by atoms with Crippen LogP contribution in [0.25, 0.3) is 0 Å². The van der Waals surface area contributed by atoms with E-state index in [0.717, 1.165) is 36.3 Å². The van der Waals surface area contributed by atoms with Gasteiger partial charge in [-0.3, -0.25) is 14.7 Å². The van der Waals surface area contributed by atoms with Gasteiger partial charge in [0, 0.05) is 51.0 Å². The van der Waals surface area contributed by atoms with Gasteiger partial charge in [-0.15, -0.1) is 0 Å². The van der Waals surface area contributed by atoms with Crippen LogP contribution in [0.4, 0.5) is 0 Å². The number of nitrogens with zero attached hydrogens (tertiary/aromatic N) is 4. The van der Waals surface area contributed by atoms with Crippen molar-refractivity contribution in [3.63, 3.8) is 0 Å².